The van der Waals surface area contributed by atoms with E-state index in [1.807, 2.05) is 56.6 Å². The lowest BCUT2D eigenvalue weighted by molar-refractivity contribution is 0.477. The van der Waals surface area contributed by atoms with Crippen molar-refractivity contribution >= 4 is 5.69 Å². The SMILES string of the molecule is CN(C)c1ccc(-c2ccccc2O)cc1. The fourth-order valence-electron chi connectivity index (χ4n) is 1.66. The third-order valence-electron chi connectivity index (χ3n) is 2.60. The maximum Gasteiger partial charge on any atom is 0.123 e. The van der Waals surface area contributed by atoms with Crippen molar-refractivity contribution in [3.8, 4) is 16.9 Å². The van der Waals surface area contributed by atoms with Crippen LogP contribution in [0.3, 0.4) is 0 Å². The second-order valence-electron chi connectivity index (χ2n) is 3.96. The van der Waals surface area contributed by atoms with Crippen LogP contribution >= 0.6 is 0 Å². The van der Waals surface area contributed by atoms with Gasteiger partial charge in [-0.1, -0.05) is 30.3 Å². The van der Waals surface area contributed by atoms with Crippen LogP contribution in [0.25, 0.3) is 11.1 Å². The largest absolute Gasteiger partial charge is 0.507 e. The molecule has 2 nitrogen and oxygen atoms in total. The number of anilines is 1. The van der Waals surface area contributed by atoms with E-state index >= 15 is 0 Å². The monoisotopic (exact) mass is 213 g/mol. The molecule has 0 spiro atoms. The first kappa shape index (κ1) is 10.6. The normalized spacial score (nSPS) is 10.1. The number of phenolic OH excluding ortho intramolecular Hbond substituents is 1. The van der Waals surface area contributed by atoms with Crippen molar-refractivity contribution in [3.63, 3.8) is 0 Å². The fraction of sp³-hybridized carbons (Fsp3) is 0.143. The Balaban J connectivity index is 2.39. The molecule has 0 aliphatic rings. The van der Waals surface area contributed by atoms with Crippen LogP contribution in [0.5, 0.6) is 5.75 Å². The molecule has 0 bridgehead atoms. The number of rotatable bonds is 2. The Kier molecular flexibility index (Phi) is 2.82. The van der Waals surface area contributed by atoms with Crippen LogP contribution in [-0.4, -0.2) is 19.2 Å². The van der Waals surface area contributed by atoms with Gasteiger partial charge in [0.2, 0.25) is 0 Å². The molecule has 2 heteroatoms. The quantitative estimate of drug-likeness (QED) is 0.828. The van der Waals surface area contributed by atoms with E-state index in [9.17, 15) is 5.11 Å². The maximum absolute atomic E-state index is 9.73. The molecule has 0 saturated heterocycles. The van der Waals surface area contributed by atoms with Gasteiger partial charge in [0.25, 0.3) is 0 Å². The number of phenols is 1. The van der Waals surface area contributed by atoms with Gasteiger partial charge in [-0.2, -0.15) is 0 Å². The topological polar surface area (TPSA) is 23.5 Å². The van der Waals surface area contributed by atoms with E-state index in [1.165, 1.54) is 0 Å². The second-order valence-corrected chi connectivity index (χ2v) is 3.96. The molecule has 16 heavy (non-hydrogen) atoms. The highest BCUT2D eigenvalue weighted by Gasteiger charge is 2.03. The van der Waals surface area contributed by atoms with Gasteiger partial charge in [0, 0.05) is 25.3 Å². The van der Waals surface area contributed by atoms with Crippen LogP contribution < -0.4 is 4.90 Å². The summed E-state index contributed by atoms with van der Waals surface area (Å²) >= 11 is 0. The number of hydrogen-bond acceptors (Lipinski definition) is 2. The van der Waals surface area contributed by atoms with E-state index in [1.54, 1.807) is 6.07 Å². The van der Waals surface area contributed by atoms with Crippen LogP contribution in [0.1, 0.15) is 0 Å². The molecule has 0 amide bonds. The first-order valence-electron chi connectivity index (χ1n) is 5.24. The molecule has 0 atom stereocenters. The lowest BCUT2D eigenvalue weighted by atomic mass is 10.0. The Hall–Kier alpha value is -1.96. The highest BCUT2D eigenvalue weighted by molar-refractivity contribution is 5.71. The van der Waals surface area contributed by atoms with E-state index in [0.29, 0.717) is 5.75 Å². The van der Waals surface area contributed by atoms with Gasteiger partial charge < -0.3 is 10.0 Å². The van der Waals surface area contributed by atoms with Crippen LogP contribution in [-0.2, 0) is 0 Å². The van der Waals surface area contributed by atoms with Crippen molar-refractivity contribution in [3.05, 3.63) is 48.5 Å². The summed E-state index contributed by atoms with van der Waals surface area (Å²) in [6.45, 7) is 0. The molecule has 0 fully saturated rings. The summed E-state index contributed by atoms with van der Waals surface area (Å²) in [6.07, 6.45) is 0. The van der Waals surface area contributed by atoms with Crippen LogP contribution in [0.2, 0.25) is 0 Å². The fourth-order valence-corrected chi connectivity index (χ4v) is 1.66. The van der Waals surface area contributed by atoms with Crippen molar-refractivity contribution in [2.24, 2.45) is 0 Å². The molecule has 0 saturated carbocycles. The predicted molar refractivity (Wildman–Crippen MR) is 67.9 cm³/mol. The third kappa shape index (κ3) is 2.01. The number of benzene rings is 2. The maximum atomic E-state index is 9.73. The lowest BCUT2D eigenvalue weighted by Crippen LogP contribution is -2.07. The first-order chi connectivity index (χ1) is 7.68. The van der Waals surface area contributed by atoms with Crippen molar-refractivity contribution < 1.29 is 5.11 Å². The summed E-state index contributed by atoms with van der Waals surface area (Å²) in [6, 6.07) is 15.5. The van der Waals surface area contributed by atoms with Gasteiger partial charge in [0.1, 0.15) is 5.75 Å². The molecule has 82 valence electrons. The first-order valence-corrected chi connectivity index (χ1v) is 5.24. The Bertz CT molecular complexity index is 474. The average Bonchev–Trinajstić information content (AvgIpc) is 2.30. The summed E-state index contributed by atoms with van der Waals surface area (Å²) < 4.78 is 0. The lowest BCUT2D eigenvalue weighted by Gasteiger charge is -2.13. The molecule has 2 aromatic rings. The minimum absolute atomic E-state index is 0.320. The molecule has 0 heterocycles. The summed E-state index contributed by atoms with van der Waals surface area (Å²) in [5, 5.41) is 9.73. The van der Waals surface area contributed by atoms with Crippen molar-refractivity contribution in [2.75, 3.05) is 19.0 Å². The van der Waals surface area contributed by atoms with E-state index in [0.717, 1.165) is 16.8 Å². The van der Waals surface area contributed by atoms with Gasteiger partial charge >= 0.3 is 0 Å². The molecular formula is C14H15NO. The second kappa shape index (κ2) is 4.27. The van der Waals surface area contributed by atoms with Gasteiger partial charge in [-0.25, -0.2) is 0 Å². The van der Waals surface area contributed by atoms with Crippen molar-refractivity contribution in [2.45, 2.75) is 0 Å². The molecule has 2 rings (SSSR count). The van der Waals surface area contributed by atoms with Crippen LogP contribution in [0.4, 0.5) is 5.69 Å². The Morgan fingerprint density at radius 1 is 0.875 bits per heavy atom. The zero-order valence-corrected chi connectivity index (χ0v) is 9.51. The minimum atomic E-state index is 0.320. The molecule has 0 aromatic heterocycles. The molecule has 0 radical (unpaired) electrons. The highest BCUT2D eigenvalue weighted by atomic mass is 16.3. The molecule has 1 N–H and O–H groups in total. The van der Waals surface area contributed by atoms with E-state index in [2.05, 4.69) is 4.90 Å². The van der Waals surface area contributed by atoms with Crippen molar-refractivity contribution in [1.29, 1.82) is 0 Å². The van der Waals surface area contributed by atoms with E-state index in [4.69, 9.17) is 0 Å². The zero-order chi connectivity index (χ0) is 11.5. The standard InChI is InChI=1S/C14H15NO/c1-15(2)12-9-7-11(8-10-12)13-5-3-4-6-14(13)16/h3-10,16H,1-2H3. The number of hydrogen-bond donors (Lipinski definition) is 1. The summed E-state index contributed by atoms with van der Waals surface area (Å²) in [5.74, 6) is 0.320. The van der Waals surface area contributed by atoms with Crippen molar-refractivity contribution in [1.82, 2.24) is 0 Å². The Labute approximate surface area is 95.8 Å². The molecule has 2 aromatic carbocycles. The predicted octanol–water partition coefficient (Wildman–Crippen LogP) is 3.13. The number of nitrogens with zero attached hydrogens (tertiary/aromatic N) is 1. The van der Waals surface area contributed by atoms with E-state index in [-0.39, 0.29) is 0 Å². The molecule has 0 unspecified atom stereocenters. The molecular weight excluding hydrogens is 198 g/mol. The average molecular weight is 213 g/mol. The Morgan fingerprint density at radius 3 is 2.06 bits per heavy atom. The summed E-state index contributed by atoms with van der Waals surface area (Å²) in [5.41, 5.74) is 3.05. The highest BCUT2D eigenvalue weighted by Crippen LogP contribution is 2.29. The zero-order valence-electron chi connectivity index (χ0n) is 9.51. The van der Waals surface area contributed by atoms with Gasteiger partial charge in [0.05, 0.1) is 0 Å². The number of aromatic hydroxyl groups is 1. The minimum Gasteiger partial charge on any atom is -0.507 e. The van der Waals surface area contributed by atoms with Gasteiger partial charge in [-0.15, -0.1) is 0 Å². The smallest absolute Gasteiger partial charge is 0.123 e. The third-order valence-corrected chi connectivity index (χ3v) is 2.60. The van der Waals surface area contributed by atoms with Gasteiger partial charge in [0.15, 0.2) is 0 Å². The summed E-state index contributed by atoms with van der Waals surface area (Å²) in [4.78, 5) is 2.05. The summed E-state index contributed by atoms with van der Waals surface area (Å²) in [7, 11) is 4.02. The number of para-hydroxylation sites is 1. The van der Waals surface area contributed by atoms with Crippen LogP contribution in [0, 0.1) is 0 Å². The van der Waals surface area contributed by atoms with Gasteiger partial charge in [-0.05, 0) is 23.8 Å². The van der Waals surface area contributed by atoms with Crippen LogP contribution in [0.15, 0.2) is 48.5 Å². The van der Waals surface area contributed by atoms with E-state index < -0.39 is 0 Å². The molecule has 0 aliphatic carbocycles. The molecule has 0 aliphatic heterocycles. The Morgan fingerprint density at radius 2 is 1.50 bits per heavy atom. The van der Waals surface area contributed by atoms with Gasteiger partial charge in [-0.3, -0.25) is 0 Å².